The topological polar surface area (TPSA) is 110 Å². The second kappa shape index (κ2) is 12.0. The highest BCUT2D eigenvalue weighted by Crippen LogP contribution is 2.31. The Hall–Kier alpha value is -4.21. The molecule has 0 bridgehead atoms. The molecule has 0 spiro atoms. The second-order valence-electron chi connectivity index (χ2n) is 11.6. The molecule has 0 aromatic heterocycles. The number of nitrogens with zero attached hydrogens (tertiary/aromatic N) is 4. The molecule has 1 N–H and O–H groups in total. The van der Waals surface area contributed by atoms with Gasteiger partial charge in [-0.3, -0.25) is 34.2 Å². The van der Waals surface area contributed by atoms with Crippen LogP contribution in [0.15, 0.2) is 42.5 Å². The minimum atomic E-state index is -0.962. The molecule has 6 rings (SSSR count). The van der Waals surface area contributed by atoms with E-state index < -0.39 is 23.8 Å². The predicted molar refractivity (Wildman–Crippen MR) is 157 cm³/mol. The Kier molecular flexibility index (Phi) is 7.95. The normalized spacial score (nSPS) is 21.1. The summed E-state index contributed by atoms with van der Waals surface area (Å²) in [6.07, 6.45) is 6.10. The van der Waals surface area contributed by atoms with E-state index in [-0.39, 0.29) is 24.7 Å². The number of aryl methyl sites for hydroxylation is 1. The average molecular weight is 572 g/mol. The minimum absolute atomic E-state index is 0.0991. The molecule has 3 saturated heterocycles. The molecule has 2 aromatic carbocycles. The van der Waals surface area contributed by atoms with Crippen molar-refractivity contribution in [1.29, 1.82) is 0 Å². The summed E-state index contributed by atoms with van der Waals surface area (Å²) < 4.78 is 0. The molecule has 4 heterocycles. The highest BCUT2D eigenvalue weighted by Gasteiger charge is 2.44. The number of imide groups is 2. The van der Waals surface area contributed by atoms with Crippen LogP contribution >= 0.6 is 0 Å². The fourth-order valence-electron chi connectivity index (χ4n) is 6.50. The third kappa shape index (κ3) is 5.62. The lowest BCUT2D eigenvalue weighted by atomic mass is 10.0. The van der Waals surface area contributed by atoms with E-state index in [0.29, 0.717) is 17.5 Å². The molecule has 0 aliphatic carbocycles. The lowest BCUT2D eigenvalue weighted by Gasteiger charge is -2.37. The summed E-state index contributed by atoms with van der Waals surface area (Å²) in [5.74, 6) is -1.68. The van der Waals surface area contributed by atoms with Crippen LogP contribution in [0.25, 0.3) is 0 Å². The highest BCUT2D eigenvalue weighted by atomic mass is 16.2. The number of carbonyl (C=O) groups excluding carboxylic acids is 5. The van der Waals surface area contributed by atoms with Crippen molar-refractivity contribution < 1.29 is 24.0 Å². The molecule has 42 heavy (non-hydrogen) atoms. The van der Waals surface area contributed by atoms with Gasteiger partial charge in [0, 0.05) is 63.5 Å². The van der Waals surface area contributed by atoms with E-state index in [1.165, 1.54) is 12.0 Å². The lowest BCUT2D eigenvalue weighted by molar-refractivity contribution is -0.136. The molecule has 10 nitrogen and oxygen atoms in total. The number of anilines is 2. The van der Waals surface area contributed by atoms with Crippen LogP contribution in [0.5, 0.6) is 0 Å². The summed E-state index contributed by atoms with van der Waals surface area (Å²) in [5, 5.41) is 2.23. The maximum absolute atomic E-state index is 13.2. The summed E-state index contributed by atoms with van der Waals surface area (Å²) in [6.45, 7) is 4.98. The monoisotopic (exact) mass is 571 g/mol. The summed E-state index contributed by atoms with van der Waals surface area (Å²) in [5.41, 5.74) is 3.87. The van der Waals surface area contributed by atoms with Crippen molar-refractivity contribution in [2.24, 2.45) is 0 Å². The number of piperidine rings is 2. The third-order valence-electron chi connectivity index (χ3n) is 8.93. The van der Waals surface area contributed by atoms with Crippen LogP contribution in [-0.4, -0.2) is 84.6 Å². The fraction of sp³-hybridized carbons (Fsp3) is 0.469. The van der Waals surface area contributed by atoms with Gasteiger partial charge in [0.05, 0.1) is 11.1 Å². The zero-order chi connectivity index (χ0) is 29.2. The van der Waals surface area contributed by atoms with Crippen LogP contribution in [0.2, 0.25) is 0 Å². The molecule has 1 atom stereocenters. The Bertz CT molecular complexity index is 1390. The number of rotatable bonds is 7. The van der Waals surface area contributed by atoms with Crippen molar-refractivity contribution >= 4 is 40.9 Å². The summed E-state index contributed by atoms with van der Waals surface area (Å²) in [6, 6.07) is 12.9. The zero-order valence-electron chi connectivity index (χ0n) is 23.8. The maximum Gasteiger partial charge on any atom is 0.262 e. The number of nitrogens with one attached hydrogen (secondary N) is 1. The number of carbonyl (C=O) groups is 5. The Morgan fingerprint density at radius 1 is 0.762 bits per heavy atom. The number of benzene rings is 2. The Morgan fingerprint density at radius 2 is 1.40 bits per heavy atom. The van der Waals surface area contributed by atoms with Gasteiger partial charge in [-0.2, -0.15) is 0 Å². The largest absolute Gasteiger partial charge is 0.368 e. The van der Waals surface area contributed by atoms with Crippen LogP contribution in [0.4, 0.5) is 11.4 Å². The third-order valence-corrected chi connectivity index (χ3v) is 8.93. The van der Waals surface area contributed by atoms with Gasteiger partial charge in [0.15, 0.2) is 0 Å². The van der Waals surface area contributed by atoms with Crippen molar-refractivity contribution in [3.63, 3.8) is 0 Å². The van der Waals surface area contributed by atoms with Gasteiger partial charge in [-0.25, -0.2) is 0 Å². The van der Waals surface area contributed by atoms with Crippen molar-refractivity contribution in [2.75, 3.05) is 49.1 Å². The Morgan fingerprint density at radius 3 is 2.10 bits per heavy atom. The highest BCUT2D eigenvalue weighted by molar-refractivity contribution is 6.23. The smallest absolute Gasteiger partial charge is 0.262 e. The number of likely N-dealkylation sites (tertiary alicyclic amines) is 1. The number of hydrogen-bond acceptors (Lipinski definition) is 7. The van der Waals surface area contributed by atoms with E-state index >= 15 is 0 Å². The predicted octanol–water partition coefficient (Wildman–Crippen LogP) is 2.75. The Labute approximate surface area is 245 Å². The molecule has 4 aliphatic rings. The first-order chi connectivity index (χ1) is 20.4. The van der Waals surface area contributed by atoms with Gasteiger partial charge in [-0.15, -0.1) is 0 Å². The molecule has 4 aliphatic heterocycles. The lowest BCUT2D eigenvalue weighted by Crippen LogP contribution is -2.54. The number of piperazine rings is 1. The van der Waals surface area contributed by atoms with Gasteiger partial charge < -0.3 is 14.7 Å². The van der Waals surface area contributed by atoms with Crippen LogP contribution in [0.3, 0.4) is 0 Å². The summed E-state index contributed by atoms with van der Waals surface area (Å²) >= 11 is 0. The maximum atomic E-state index is 13.2. The number of hydrogen-bond donors (Lipinski definition) is 1. The minimum Gasteiger partial charge on any atom is -0.368 e. The molecule has 0 saturated carbocycles. The van der Waals surface area contributed by atoms with E-state index in [9.17, 15) is 24.0 Å². The Balaban J connectivity index is 1.02. The molecule has 5 amide bonds. The van der Waals surface area contributed by atoms with Crippen molar-refractivity contribution in [3.8, 4) is 0 Å². The molecular weight excluding hydrogens is 534 g/mol. The summed E-state index contributed by atoms with van der Waals surface area (Å²) in [4.78, 5) is 70.1. The number of fused-ring (bicyclic) bond motifs is 1. The quantitative estimate of drug-likeness (QED) is 0.509. The molecule has 220 valence electrons. The van der Waals surface area contributed by atoms with Gasteiger partial charge in [0.1, 0.15) is 6.04 Å². The van der Waals surface area contributed by atoms with Crippen LogP contribution < -0.4 is 15.1 Å². The first kappa shape index (κ1) is 27.9. The van der Waals surface area contributed by atoms with Crippen molar-refractivity contribution in [2.45, 2.75) is 57.4 Å². The average Bonchev–Trinajstić information content (AvgIpc) is 3.26. The molecule has 10 heteroatoms. The van der Waals surface area contributed by atoms with E-state index in [2.05, 4.69) is 39.4 Å². The van der Waals surface area contributed by atoms with E-state index in [1.54, 1.807) is 12.1 Å². The van der Waals surface area contributed by atoms with Gasteiger partial charge in [0.2, 0.25) is 17.7 Å². The fourth-order valence-corrected chi connectivity index (χ4v) is 6.50. The van der Waals surface area contributed by atoms with Gasteiger partial charge in [0.25, 0.3) is 11.8 Å². The van der Waals surface area contributed by atoms with E-state index in [1.807, 2.05) is 11.0 Å². The zero-order valence-corrected chi connectivity index (χ0v) is 23.8. The molecule has 1 unspecified atom stereocenters. The van der Waals surface area contributed by atoms with Crippen molar-refractivity contribution in [1.82, 2.24) is 15.1 Å². The molecular formula is C32H37N5O5. The number of amides is 5. The van der Waals surface area contributed by atoms with Crippen molar-refractivity contribution in [3.05, 3.63) is 59.2 Å². The first-order valence-corrected chi connectivity index (χ1v) is 15.1. The van der Waals surface area contributed by atoms with Gasteiger partial charge in [-0.05, 0) is 74.4 Å². The molecule has 3 fully saturated rings. The standard InChI is InChI=1S/C32H37N5O5/c38-28-14-13-27(30(40)33-28)37-31(41)25-12-11-24(21-26(25)32(37)42)35-19-17-34(18-20-35)23-9-7-22(8-10-23)5-4-6-29(39)36-15-2-1-3-16-36/h7-12,21,27H,1-6,13-20H2,(H,33,38,40). The molecule has 2 aromatic rings. The van der Waals surface area contributed by atoms with Gasteiger partial charge >= 0.3 is 0 Å². The second-order valence-corrected chi connectivity index (χ2v) is 11.6. The molecule has 0 radical (unpaired) electrons. The first-order valence-electron chi connectivity index (χ1n) is 15.1. The summed E-state index contributed by atoms with van der Waals surface area (Å²) in [7, 11) is 0. The SMILES string of the molecule is O=C1CCC(N2C(=O)c3ccc(N4CCN(c5ccc(CCCC(=O)N6CCCCC6)cc5)CC4)cc3C2=O)C(=O)N1. The van der Waals surface area contributed by atoms with E-state index in [0.717, 1.165) is 81.2 Å². The van der Waals surface area contributed by atoms with Gasteiger partial charge in [-0.1, -0.05) is 12.1 Å². The van der Waals surface area contributed by atoms with E-state index in [4.69, 9.17) is 0 Å². The van der Waals surface area contributed by atoms with Crippen LogP contribution in [-0.2, 0) is 20.8 Å². The van der Waals surface area contributed by atoms with Crippen LogP contribution in [0.1, 0.15) is 71.2 Å². The van der Waals surface area contributed by atoms with Crippen LogP contribution in [0, 0.1) is 0 Å².